The van der Waals surface area contributed by atoms with E-state index in [2.05, 4.69) is 37.0 Å². The van der Waals surface area contributed by atoms with Gasteiger partial charge in [-0.3, -0.25) is 0 Å². The van der Waals surface area contributed by atoms with E-state index in [0.29, 0.717) is 0 Å². The molecule has 3 heteroatoms. The molecule has 100 valence electrons. The molecular formula is C16H19NOS. The lowest BCUT2D eigenvalue weighted by atomic mass is 10.1. The number of rotatable bonds is 4. The van der Waals surface area contributed by atoms with Gasteiger partial charge in [0.15, 0.2) is 0 Å². The van der Waals surface area contributed by atoms with Crippen molar-refractivity contribution in [1.29, 1.82) is 0 Å². The van der Waals surface area contributed by atoms with Crippen molar-refractivity contribution in [1.82, 2.24) is 4.98 Å². The third kappa shape index (κ3) is 4.08. The summed E-state index contributed by atoms with van der Waals surface area (Å²) in [5.41, 5.74) is 4.78. The van der Waals surface area contributed by atoms with Crippen LogP contribution in [0.2, 0.25) is 0 Å². The van der Waals surface area contributed by atoms with Gasteiger partial charge in [0, 0.05) is 11.9 Å². The molecule has 0 spiro atoms. The standard InChI is InChI=1S/C16H19NOS/c1-11-6-12(2)8-14(7-11)10-19-16-5-4-15(9-17-16)13(3)18/h4-9,13,18H,10H2,1-3H3/t13-/m0/s1. The van der Waals surface area contributed by atoms with Crippen LogP contribution in [0, 0.1) is 13.8 Å². The van der Waals surface area contributed by atoms with Crippen LogP contribution in [-0.4, -0.2) is 10.1 Å². The van der Waals surface area contributed by atoms with Gasteiger partial charge in [0.1, 0.15) is 0 Å². The highest BCUT2D eigenvalue weighted by Crippen LogP contribution is 2.23. The molecule has 0 unspecified atom stereocenters. The summed E-state index contributed by atoms with van der Waals surface area (Å²) in [5, 5.41) is 10.4. The Balaban J connectivity index is 2.02. The summed E-state index contributed by atoms with van der Waals surface area (Å²) in [7, 11) is 0. The first-order valence-corrected chi connectivity index (χ1v) is 7.37. The summed E-state index contributed by atoms with van der Waals surface area (Å²) in [6.45, 7) is 5.99. The SMILES string of the molecule is Cc1cc(C)cc(CSc2ccc([C@H](C)O)cn2)c1. The molecule has 1 atom stereocenters. The lowest BCUT2D eigenvalue weighted by molar-refractivity contribution is 0.198. The van der Waals surface area contributed by atoms with Crippen molar-refractivity contribution in [2.75, 3.05) is 0 Å². The maximum Gasteiger partial charge on any atom is 0.0963 e. The second-order valence-corrected chi connectivity index (χ2v) is 5.89. The minimum atomic E-state index is -0.453. The molecule has 0 aliphatic heterocycles. The Morgan fingerprint density at radius 3 is 2.37 bits per heavy atom. The summed E-state index contributed by atoms with van der Waals surface area (Å²) >= 11 is 1.72. The zero-order chi connectivity index (χ0) is 13.8. The Hall–Kier alpha value is -1.32. The molecular weight excluding hydrogens is 254 g/mol. The summed E-state index contributed by atoms with van der Waals surface area (Å²) in [6.07, 6.45) is 1.29. The number of aryl methyl sites for hydroxylation is 2. The number of thioether (sulfide) groups is 1. The van der Waals surface area contributed by atoms with Gasteiger partial charge in [0.2, 0.25) is 0 Å². The Labute approximate surface area is 118 Å². The number of aliphatic hydroxyl groups excluding tert-OH is 1. The van der Waals surface area contributed by atoms with Gasteiger partial charge in [0.05, 0.1) is 11.1 Å². The molecule has 1 aromatic carbocycles. The number of hydrogen-bond donors (Lipinski definition) is 1. The Kier molecular flexibility index (Phi) is 4.61. The molecule has 1 heterocycles. The topological polar surface area (TPSA) is 33.1 Å². The number of aromatic nitrogens is 1. The Bertz CT molecular complexity index is 529. The van der Waals surface area contributed by atoms with E-state index in [1.54, 1.807) is 24.9 Å². The molecule has 1 aromatic heterocycles. The molecule has 0 fully saturated rings. The summed E-state index contributed by atoms with van der Waals surface area (Å²) < 4.78 is 0. The smallest absolute Gasteiger partial charge is 0.0963 e. The van der Waals surface area contributed by atoms with Crippen molar-refractivity contribution >= 4 is 11.8 Å². The number of hydrogen-bond acceptors (Lipinski definition) is 3. The average Bonchev–Trinajstić information content (AvgIpc) is 2.36. The molecule has 0 aliphatic carbocycles. The lowest BCUT2D eigenvalue weighted by Gasteiger charge is -2.06. The fraction of sp³-hybridized carbons (Fsp3) is 0.312. The van der Waals surface area contributed by atoms with Crippen LogP contribution in [0.5, 0.6) is 0 Å². The molecule has 0 aliphatic rings. The van der Waals surface area contributed by atoms with Crippen molar-refractivity contribution < 1.29 is 5.11 Å². The van der Waals surface area contributed by atoms with Gasteiger partial charge in [-0.2, -0.15) is 0 Å². The van der Waals surface area contributed by atoms with Crippen LogP contribution in [0.4, 0.5) is 0 Å². The maximum absolute atomic E-state index is 9.44. The first kappa shape index (κ1) is 14.1. The molecule has 0 saturated carbocycles. The first-order valence-electron chi connectivity index (χ1n) is 6.38. The first-order chi connectivity index (χ1) is 9.04. The molecule has 0 saturated heterocycles. The van der Waals surface area contributed by atoms with E-state index >= 15 is 0 Å². The fourth-order valence-electron chi connectivity index (χ4n) is 2.03. The molecule has 2 nitrogen and oxygen atoms in total. The highest BCUT2D eigenvalue weighted by molar-refractivity contribution is 7.98. The van der Waals surface area contributed by atoms with Crippen molar-refractivity contribution in [3.05, 3.63) is 58.8 Å². The number of pyridine rings is 1. The summed E-state index contributed by atoms with van der Waals surface area (Å²) in [6, 6.07) is 10.5. The molecule has 0 bridgehead atoms. The molecule has 19 heavy (non-hydrogen) atoms. The normalized spacial score (nSPS) is 12.4. The highest BCUT2D eigenvalue weighted by atomic mass is 32.2. The van der Waals surface area contributed by atoms with E-state index in [1.807, 2.05) is 12.1 Å². The number of benzene rings is 1. The Morgan fingerprint density at radius 1 is 1.16 bits per heavy atom. The third-order valence-corrected chi connectivity index (χ3v) is 3.92. The van der Waals surface area contributed by atoms with E-state index in [0.717, 1.165) is 16.3 Å². The van der Waals surface area contributed by atoms with E-state index < -0.39 is 6.10 Å². The molecule has 2 rings (SSSR count). The van der Waals surface area contributed by atoms with Crippen LogP contribution >= 0.6 is 11.8 Å². The van der Waals surface area contributed by atoms with Gasteiger partial charge in [-0.05, 0) is 38.0 Å². The Morgan fingerprint density at radius 2 is 1.84 bits per heavy atom. The molecule has 2 aromatic rings. The van der Waals surface area contributed by atoms with Gasteiger partial charge >= 0.3 is 0 Å². The van der Waals surface area contributed by atoms with Crippen molar-refractivity contribution in [3.8, 4) is 0 Å². The summed E-state index contributed by atoms with van der Waals surface area (Å²) in [5.74, 6) is 0.920. The molecule has 1 N–H and O–H groups in total. The van der Waals surface area contributed by atoms with Crippen LogP contribution in [0.3, 0.4) is 0 Å². The van der Waals surface area contributed by atoms with E-state index in [-0.39, 0.29) is 0 Å². The largest absolute Gasteiger partial charge is 0.389 e. The van der Waals surface area contributed by atoms with Crippen molar-refractivity contribution in [3.63, 3.8) is 0 Å². The monoisotopic (exact) mass is 273 g/mol. The maximum atomic E-state index is 9.44. The van der Waals surface area contributed by atoms with Crippen LogP contribution in [0.15, 0.2) is 41.6 Å². The van der Waals surface area contributed by atoms with Crippen LogP contribution in [0.1, 0.15) is 35.3 Å². The fourth-order valence-corrected chi connectivity index (χ4v) is 2.81. The van der Waals surface area contributed by atoms with Gasteiger partial charge in [0.25, 0.3) is 0 Å². The second-order valence-electron chi connectivity index (χ2n) is 4.89. The predicted molar refractivity (Wildman–Crippen MR) is 80.3 cm³/mol. The van der Waals surface area contributed by atoms with Crippen LogP contribution in [-0.2, 0) is 5.75 Å². The van der Waals surface area contributed by atoms with Gasteiger partial charge in [-0.25, -0.2) is 4.98 Å². The van der Waals surface area contributed by atoms with E-state index in [4.69, 9.17) is 0 Å². The zero-order valence-corrected chi connectivity index (χ0v) is 12.4. The van der Waals surface area contributed by atoms with E-state index in [1.165, 1.54) is 16.7 Å². The van der Waals surface area contributed by atoms with Crippen LogP contribution in [0.25, 0.3) is 0 Å². The predicted octanol–water partition coefficient (Wildman–Crippen LogP) is 4.04. The number of nitrogens with zero attached hydrogens (tertiary/aromatic N) is 1. The third-order valence-electron chi connectivity index (χ3n) is 2.91. The summed E-state index contributed by atoms with van der Waals surface area (Å²) in [4.78, 5) is 4.36. The molecule has 0 radical (unpaired) electrons. The number of aliphatic hydroxyl groups is 1. The minimum Gasteiger partial charge on any atom is -0.389 e. The second kappa shape index (κ2) is 6.22. The average molecular weight is 273 g/mol. The van der Waals surface area contributed by atoms with Gasteiger partial charge in [-0.1, -0.05) is 35.4 Å². The van der Waals surface area contributed by atoms with E-state index in [9.17, 15) is 5.11 Å². The van der Waals surface area contributed by atoms with Crippen LogP contribution < -0.4 is 0 Å². The zero-order valence-electron chi connectivity index (χ0n) is 11.6. The van der Waals surface area contributed by atoms with Crippen molar-refractivity contribution in [2.24, 2.45) is 0 Å². The van der Waals surface area contributed by atoms with Gasteiger partial charge < -0.3 is 5.11 Å². The lowest BCUT2D eigenvalue weighted by Crippen LogP contribution is -1.92. The van der Waals surface area contributed by atoms with Crippen molar-refractivity contribution in [2.45, 2.75) is 37.7 Å². The molecule has 0 amide bonds. The highest BCUT2D eigenvalue weighted by Gasteiger charge is 2.03. The minimum absolute atomic E-state index is 0.453. The van der Waals surface area contributed by atoms with Gasteiger partial charge in [-0.15, -0.1) is 11.8 Å². The quantitative estimate of drug-likeness (QED) is 0.853.